The number of amides is 1. The van der Waals surface area contributed by atoms with Crippen molar-refractivity contribution in [3.63, 3.8) is 0 Å². The van der Waals surface area contributed by atoms with E-state index in [9.17, 15) is 25.0 Å². The van der Waals surface area contributed by atoms with E-state index in [0.717, 1.165) is 18.2 Å². The second kappa shape index (κ2) is 3.70. The van der Waals surface area contributed by atoms with Gasteiger partial charge in [-0.05, 0) is 0 Å². The summed E-state index contributed by atoms with van der Waals surface area (Å²) < 4.78 is 0. The molecular formula is C7H5N3O5. The minimum atomic E-state index is -1.08. The van der Waals surface area contributed by atoms with Gasteiger partial charge in [-0.2, -0.15) is 0 Å². The van der Waals surface area contributed by atoms with Crippen LogP contribution in [0.2, 0.25) is 0 Å². The van der Waals surface area contributed by atoms with Crippen LogP contribution in [0.5, 0.6) is 0 Å². The Morgan fingerprint density at radius 3 is 2.20 bits per heavy atom. The summed E-state index contributed by atoms with van der Waals surface area (Å²) in [6.07, 6.45) is 0. The van der Waals surface area contributed by atoms with Gasteiger partial charge < -0.3 is 5.73 Å². The zero-order valence-corrected chi connectivity index (χ0v) is 7.25. The van der Waals surface area contributed by atoms with E-state index in [1.165, 1.54) is 0 Å². The summed E-state index contributed by atoms with van der Waals surface area (Å²) in [7, 11) is 0. The van der Waals surface area contributed by atoms with Crippen LogP contribution >= 0.6 is 0 Å². The number of hydrogen-bond donors (Lipinski definition) is 1. The van der Waals surface area contributed by atoms with Gasteiger partial charge in [0, 0.05) is 18.2 Å². The van der Waals surface area contributed by atoms with E-state index < -0.39 is 32.7 Å². The lowest BCUT2D eigenvalue weighted by molar-refractivity contribution is -0.389. The van der Waals surface area contributed by atoms with Crippen LogP contribution < -0.4 is 5.73 Å². The van der Waals surface area contributed by atoms with Gasteiger partial charge in [-0.15, -0.1) is 0 Å². The van der Waals surface area contributed by atoms with Gasteiger partial charge in [0.2, 0.25) is 0 Å². The Bertz CT molecular complexity index is 456. The normalized spacial score (nSPS) is 9.60. The van der Waals surface area contributed by atoms with Crippen LogP contribution in [-0.4, -0.2) is 15.8 Å². The Kier molecular flexibility index (Phi) is 2.61. The van der Waals surface area contributed by atoms with Crippen molar-refractivity contribution in [2.75, 3.05) is 0 Å². The number of nitrogens with two attached hydrogens (primary N) is 1. The van der Waals surface area contributed by atoms with Crippen LogP contribution in [0, 0.1) is 20.2 Å². The standard InChI is InChI=1S/C7H5N3O5/c8-7(11)5-3-4(9(12)13)1-2-6(5)10(14)15/h1-3H,(H2,8,11). The Balaban J connectivity index is 3.40. The maximum Gasteiger partial charge on any atom is 0.282 e. The molecule has 1 aromatic rings. The molecule has 1 aromatic carbocycles. The van der Waals surface area contributed by atoms with Crippen molar-refractivity contribution in [2.45, 2.75) is 0 Å². The number of nitro groups is 2. The molecule has 8 heteroatoms. The first-order valence-electron chi connectivity index (χ1n) is 3.66. The van der Waals surface area contributed by atoms with Crippen molar-refractivity contribution < 1.29 is 14.6 Å². The number of rotatable bonds is 3. The highest BCUT2D eigenvalue weighted by atomic mass is 16.6. The third-order valence-corrected chi connectivity index (χ3v) is 1.65. The quantitative estimate of drug-likeness (QED) is 0.577. The molecule has 0 spiro atoms. The van der Waals surface area contributed by atoms with E-state index >= 15 is 0 Å². The predicted molar refractivity (Wildman–Crippen MR) is 48.3 cm³/mol. The summed E-state index contributed by atoms with van der Waals surface area (Å²) in [6, 6.07) is 2.59. The molecule has 1 amide bonds. The highest BCUT2D eigenvalue weighted by molar-refractivity contribution is 5.97. The molecule has 0 heterocycles. The first-order valence-corrected chi connectivity index (χ1v) is 3.66. The highest BCUT2D eigenvalue weighted by Gasteiger charge is 2.21. The Hall–Kier alpha value is -2.51. The molecule has 0 radical (unpaired) electrons. The predicted octanol–water partition coefficient (Wildman–Crippen LogP) is 0.602. The van der Waals surface area contributed by atoms with Gasteiger partial charge in [0.25, 0.3) is 17.3 Å². The van der Waals surface area contributed by atoms with Crippen LogP contribution in [0.25, 0.3) is 0 Å². The molecule has 0 saturated heterocycles. The maximum absolute atomic E-state index is 10.8. The van der Waals surface area contributed by atoms with Gasteiger partial charge in [-0.1, -0.05) is 0 Å². The molecule has 0 bridgehead atoms. The Labute approximate surface area is 82.6 Å². The first kappa shape index (κ1) is 10.6. The van der Waals surface area contributed by atoms with Gasteiger partial charge in [-0.25, -0.2) is 0 Å². The average Bonchev–Trinajstić information content (AvgIpc) is 2.16. The number of carbonyl (C=O) groups is 1. The minimum Gasteiger partial charge on any atom is -0.365 e. The molecule has 0 aliphatic heterocycles. The summed E-state index contributed by atoms with van der Waals surface area (Å²) in [5.41, 5.74) is 3.41. The zero-order valence-electron chi connectivity index (χ0n) is 7.25. The van der Waals surface area contributed by atoms with Crippen LogP contribution in [0.1, 0.15) is 10.4 Å². The monoisotopic (exact) mass is 211 g/mol. The van der Waals surface area contributed by atoms with Crippen molar-refractivity contribution >= 4 is 17.3 Å². The van der Waals surface area contributed by atoms with E-state index in [0.29, 0.717) is 0 Å². The number of primary amides is 1. The lowest BCUT2D eigenvalue weighted by atomic mass is 10.1. The molecule has 15 heavy (non-hydrogen) atoms. The largest absolute Gasteiger partial charge is 0.365 e. The molecule has 0 aliphatic carbocycles. The van der Waals surface area contributed by atoms with Gasteiger partial charge in [0.05, 0.1) is 9.85 Å². The lowest BCUT2D eigenvalue weighted by Crippen LogP contribution is -2.13. The fourth-order valence-corrected chi connectivity index (χ4v) is 0.994. The fraction of sp³-hybridized carbons (Fsp3) is 0. The average molecular weight is 211 g/mol. The number of hydrogen-bond acceptors (Lipinski definition) is 5. The molecule has 1 rings (SSSR count). The molecule has 0 aromatic heterocycles. The molecule has 0 unspecified atom stereocenters. The number of carbonyl (C=O) groups excluding carboxylic acids is 1. The molecular weight excluding hydrogens is 206 g/mol. The number of benzene rings is 1. The van der Waals surface area contributed by atoms with E-state index in [4.69, 9.17) is 5.73 Å². The Morgan fingerprint density at radius 2 is 1.80 bits per heavy atom. The maximum atomic E-state index is 10.8. The van der Waals surface area contributed by atoms with Crippen molar-refractivity contribution in [1.82, 2.24) is 0 Å². The van der Waals surface area contributed by atoms with Crippen LogP contribution in [-0.2, 0) is 0 Å². The van der Waals surface area contributed by atoms with Crippen molar-refractivity contribution in [3.8, 4) is 0 Å². The molecule has 2 N–H and O–H groups in total. The third-order valence-electron chi connectivity index (χ3n) is 1.65. The van der Waals surface area contributed by atoms with Crippen molar-refractivity contribution in [2.24, 2.45) is 5.73 Å². The van der Waals surface area contributed by atoms with Crippen LogP contribution in [0.3, 0.4) is 0 Å². The molecule has 0 fully saturated rings. The third kappa shape index (κ3) is 2.05. The van der Waals surface area contributed by atoms with E-state index in [1.54, 1.807) is 0 Å². The van der Waals surface area contributed by atoms with E-state index in [-0.39, 0.29) is 0 Å². The lowest BCUT2D eigenvalue weighted by Gasteiger charge is -1.97. The van der Waals surface area contributed by atoms with Gasteiger partial charge in [-0.3, -0.25) is 25.0 Å². The SMILES string of the molecule is NC(=O)c1cc([N+](=O)[O-])ccc1[N+](=O)[O-]. The molecule has 8 nitrogen and oxygen atoms in total. The summed E-state index contributed by atoms with van der Waals surface area (Å²) in [6.45, 7) is 0. The highest BCUT2D eigenvalue weighted by Crippen LogP contribution is 2.23. The van der Waals surface area contributed by atoms with Crippen LogP contribution in [0.15, 0.2) is 18.2 Å². The summed E-state index contributed by atoms with van der Waals surface area (Å²) >= 11 is 0. The fourth-order valence-electron chi connectivity index (χ4n) is 0.994. The number of nitro benzene ring substituents is 2. The zero-order chi connectivity index (χ0) is 11.6. The van der Waals surface area contributed by atoms with Crippen molar-refractivity contribution in [1.29, 1.82) is 0 Å². The van der Waals surface area contributed by atoms with Crippen molar-refractivity contribution in [3.05, 3.63) is 44.0 Å². The Morgan fingerprint density at radius 1 is 1.20 bits per heavy atom. The molecule has 0 aliphatic rings. The topological polar surface area (TPSA) is 129 Å². The second-order valence-corrected chi connectivity index (χ2v) is 2.58. The first-order chi connectivity index (χ1) is 6.93. The van der Waals surface area contributed by atoms with Gasteiger partial charge >= 0.3 is 0 Å². The van der Waals surface area contributed by atoms with E-state index in [2.05, 4.69) is 0 Å². The molecule has 0 saturated carbocycles. The summed E-state index contributed by atoms with van der Waals surface area (Å²) in [5.74, 6) is -1.08. The number of nitrogens with zero attached hydrogens (tertiary/aromatic N) is 2. The molecule has 78 valence electrons. The summed E-state index contributed by atoms with van der Waals surface area (Å²) in [4.78, 5) is 30.0. The number of non-ortho nitro benzene ring substituents is 1. The minimum absolute atomic E-state index is 0.422. The van der Waals surface area contributed by atoms with Crippen LogP contribution in [0.4, 0.5) is 11.4 Å². The second-order valence-electron chi connectivity index (χ2n) is 2.58. The molecule has 0 atom stereocenters. The summed E-state index contributed by atoms with van der Waals surface area (Å²) in [5, 5.41) is 20.8. The smallest absolute Gasteiger partial charge is 0.282 e. The van der Waals surface area contributed by atoms with E-state index in [1.807, 2.05) is 0 Å². The van der Waals surface area contributed by atoms with Gasteiger partial charge in [0.1, 0.15) is 5.56 Å². The van der Waals surface area contributed by atoms with Gasteiger partial charge in [0.15, 0.2) is 0 Å².